The third-order valence-corrected chi connectivity index (χ3v) is 3.12. The van der Waals surface area contributed by atoms with Crippen LogP contribution in [0.3, 0.4) is 0 Å². The SMILES string of the molecule is CC(C)(CNC(=O)CN)c1ccc(Cl)cc1Cl. The van der Waals surface area contributed by atoms with E-state index in [9.17, 15) is 4.79 Å². The number of hydrogen-bond acceptors (Lipinski definition) is 2. The molecule has 1 rings (SSSR count). The molecule has 0 bridgehead atoms. The maximum atomic E-state index is 11.1. The Labute approximate surface area is 111 Å². The molecule has 0 spiro atoms. The lowest BCUT2D eigenvalue weighted by Crippen LogP contribution is -2.39. The monoisotopic (exact) mass is 274 g/mol. The summed E-state index contributed by atoms with van der Waals surface area (Å²) < 4.78 is 0. The van der Waals surface area contributed by atoms with Crippen LogP contribution in [-0.2, 0) is 10.2 Å². The summed E-state index contributed by atoms with van der Waals surface area (Å²) >= 11 is 12.0. The second kappa shape index (κ2) is 5.71. The topological polar surface area (TPSA) is 55.1 Å². The quantitative estimate of drug-likeness (QED) is 0.886. The van der Waals surface area contributed by atoms with Gasteiger partial charge in [-0.25, -0.2) is 0 Å². The van der Waals surface area contributed by atoms with Gasteiger partial charge in [0.05, 0.1) is 6.54 Å². The maximum Gasteiger partial charge on any atom is 0.233 e. The van der Waals surface area contributed by atoms with E-state index in [1.807, 2.05) is 19.9 Å². The number of amides is 1. The summed E-state index contributed by atoms with van der Waals surface area (Å²) in [7, 11) is 0. The van der Waals surface area contributed by atoms with Crippen LogP contribution in [0.15, 0.2) is 18.2 Å². The van der Waals surface area contributed by atoms with Gasteiger partial charge in [-0.05, 0) is 17.7 Å². The minimum Gasteiger partial charge on any atom is -0.354 e. The van der Waals surface area contributed by atoms with Crippen LogP contribution in [0.2, 0.25) is 10.0 Å². The van der Waals surface area contributed by atoms with E-state index in [2.05, 4.69) is 5.32 Å². The summed E-state index contributed by atoms with van der Waals surface area (Å²) in [5.74, 6) is -0.178. The molecule has 94 valence electrons. The molecule has 0 unspecified atom stereocenters. The van der Waals surface area contributed by atoms with Crippen molar-refractivity contribution in [1.29, 1.82) is 0 Å². The van der Waals surface area contributed by atoms with Crippen LogP contribution in [-0.4, -0.2) is 19.0 Å². The first-order valence-corrected chi connectivity index (χ1v) is 6.04. The second-order valence-electron chi connectivity index (χ2n) is 4.49. The molecule has 1 amide bonds. The Morgan fingerprint density at radius 1 is 1.41 bits per heavy atom. The summed E-state index contributed by atoms with van der Waals surface area (Å²) in [6.45, 7) is 4.46. The number of halogens is 2. The lowest BCUT2D eigenvalue weighted by molar-refractivity contribution is -0.119. The van der Waals surface area contributed by atoms with Crippen LogP contribution in [0.25, 0.3) is 0 Å². The highest BCUT2D eigenvalue weighted by Gasteiger charge is 2.23. The molecule has 1 aromatic rings. The first-order chi connectivity index (χ1) is 7.86. The van der Waals surface area contributed by atoms with Gasteiger partial charge in [-0.3, -0.25) is 4.79 Å². The maximum absolute atomic E-state index is 11.1. The predicted molar refractivity (Wildman–Crippen MR) is 71.6 cm³/mol. The zero-order chi connectivity index (χ0) is 13.1. The van der Waals surface area contributed by atoms with Crippen molar-refractivity contribution in [2.24, 2.45) is 5.73 Å². The number of hydrogen-bond donors (Lipinski definition) is 2. The van der Waals surface area contributed by atoms with Gasteiger partial charge >= 0.3 is 0 Å². The van der Waals surface area contributed by atoms with E-state index < -0.39 is 0 Å². The number of benzene rings is 1. The molecule has 0 aliphatic heterocycles. The fourth-order valence-corrected chi connectivity index (χ4v) is 2.19. The van der Waals surface area contributed by atoms with Gasteiger partial charge in [-0.1, -0.05) is 43.1 Å². The molecule has 0 fully saturated rings. The van der Waals surface area contributed by atoms with Crippen molar-refractivity contribution in [2.45, 2.75) is 19.3 Å². The third kappa shape index (κ3) is 3.87. The molecule has 3 nitrogen and oxygen atoms in total. The van der Waals surface area contributed by atoms with Gasteiger partial charge < -0.3 is 11.1 Å². The molecule has 0 aromatic heterocycles. The van der Waals surface area contributed by atoms with Gasteiger partial charge in [0.25, 0.3) is 0 Å². The molecular weight excluding hydrogens is 259 g/mol. The smallest absolute Gasteiger partial charge is 0.233 e. The Morgan fingerprint density at radius 2 is 2.06 bits per heavy atom. The van der Waals surface area contributed by atoms with Crippen LogP contribution >= 0.6 is 23.2 Å². The molecule has 0 saturated heterocycles. The van der Waals surface area contributed by atoms with E-state index in [0.29, 0.717) is 16.6 Å². The second-order valence-corrected chi connectivity index (χ2v) is 5.33. The zero-order valence-electron chi connectivity index (χ0n) is 9.89. The molecule has 3 N–H and O–H groups in total. The lowest BCUT2D eigenvalue weighted by atomic mass is 9.84. The summed E-state index contributed by atoms with van der Waals surface area (Å²) in [6.07, 6.45) is 0. The van der Waals surface area contributed by atoms with Gasteiger partial charge in [0.15, 0.2) is 0 Å². The van der Waals surface area contributed by atoms with Gasteiger partial charge in [0.2, 0.25) is 5.91 Å². The molecule has 5 heteroatoms. The normalized spacial score (nSPS) is 11.4. The summed E-state index contributed by atoms with van der Waals surface area (Å²) in [6, 6.07) is 5.36. The van der Waals surface area contributed by atoms with E-state index in [1.54, 1.807) is 12.1 Å². The van der Waals surface area contributed by atoms with Gasteiger partial charge in [0, 0.05) is 22.0 Å². The van der Waals surface area contributed by atoms with Crippen LogP contribution in [0.5, 0.6) is 0 Å². The van der Waals surface area contributed by atoms with Crippen molar-refractivity contribution in [3.05, 3.63) is 33.8 Å². The van der Waals surface area contributed by atoms with Crippen LogP contribution in [0.4, 0.5) is 0 Å². The number of carbonyl (C=O) groups excluding carboxylic acids is 1. The average Bonchev–Trinajstić information content (AvgIpc) is 2.25. The highest BCUT2D eigenvalue weighted by Crippen LogP contribution is 2.31. The standard InChI is InChI=1S/C12H16Cl2N2O/c1-12(2,7-16-11(17)6-15)9-4-3-8(13)5-10(9)14/h3-5H,6-7,15H2,1-2H3,(H,16,17). The van der Waals surface area contributed by atoms with Gasteiger partial charge in [-0.15, -0.1) is 0 Å². The molecule has 1 aromatic carbocycles. The molecule has 0 aliphatic rings. The molecule has 0 saturated carbocycles. The Balaban J connectivity index is 2.85. The molecule has 0 atom stereocenters. The minimum atomic E-state index is -0.271. The summed E-state index contributed by atoms with van der Waals surface area (Å²) in [5.41, 5.74) is 5.91. The average molecular weight is 275 g/mol. The molecule has 0 aliphatic carbocycles. The van der Waals surface area contributed by atoms with Crippen molar-refractivity contribution in [3.8, 4) is 0 Å². The Bertz CT molecular complexity index is 419. The number of rotatable bonds is 4. The highest BCUT2D eigenvalue weighted by atomic mass is 35.5. The minimum absolute atomic E-state index is 0.00949. The Kier molecular flexibility index (Phi) is 4.80. The molecular formula is C12H16Cl2N2O. The number of nitrogens with one attached hydrogen (secondary N) is 1. The summed E-state index contributed by atoms with van der Waals surface area (Å²) in [5, 5.41) is 3.96. The van der Waals surface area contributed by atoms with Crippen molar-refractivity contribution in [2.75, 3.05) is 13.1 Å². The fraction of sp³-hybridized carbons (Fsp3) is 0.417. The van der Waals surface area contributed by atoms with Gasteiger partial charge in [0.1, 0.15) is 0 Å². The Morgan fingerprint density at radius 3 is 2.59 bits per heavy atom. The van der Waals surface area contributed by atoms with Crippen molar-refractivity contribution < 1.29 is 4.79 Å². The molecule has 0 radical (unpaired) electrons. The number of nitrogens with two attached hydrogens (primary N) is 1. The fourth-order valence-electron chi connectivity index (χ4n) is 1.53. The first kappa shape index (κ1) is 14.3. The van der Waals surface area contributed by atoms with Crippen LogP contribution in [0, 0.1) is 0 Å². The van der Waals surface area contributed by atoms with Gasteiger partial charge in [-0.2, -0.15) is 0 Å². The number of carbonyl (C=O) groups is 1. The molecule has 0 heterocycles. The third-order valence-electron chi connectivity index (χ3n) is 2.57. The van der Waals surface area contributed by atoms with E-state index >= 15 is 0 Å². The predicted octanol–water partition coefficient (Wildman–Crippen LogP) is 2.35. The van der Waals surface area contributed by atoms with E-state index in [1.165, 1.54) is 0 Å². The summed E-state index contributed by atoms with van der Waals surface area (Å²) in [4.78, 5) is 11.1. The largest absolute Gasteiger partial charge is 0.354 e. The highest BCUT2D eigenvalue weighted by molar-refractivity contribution is 6.35. The lowest BCUT2D eigenvalue weighted by Gasteiger charge is -2.26. The Hall–Kier alpha value is -0.770. The van der Waals surface area contributed by atoms with Crippen molar-refractivity contribution in [1.82, 2.24) is 5.32 Å². The molecule has 17 heavy (non-hydrogen) atoms. The zero-order valence-corrected chi connectivity index (χ0v) is 11.4. The van der Waals surface area contributed by atoms with Crippen LogP contribution in [0.1, 0.15) is 19.4 Å². The van der Waals surface area contributed by atoms with Crippen LogP contribution < -0.4 is 11.1 Å². The van der Waals surface area contributed by atoms with Crippen molar-refractivity contribution in [3.63, 3.8) is 0 Å². The van der Waals surface area contributed by atoms with Crippen molar-refractivity contribution >= 4 is 29.1 Å². The van der Waals surface area contributed by atoms with E-state index in [0.717, 1.165) is 5.56 Å². The van der Waals surface area contributed by atoms with E-state index in [-0.39, 0.29) is 17.9 Å². The first-order valence-electron chi connectivity index (χ1n) is 5.29. The van der Waals surface area contributed by atoms with E-state index in [4.69, 9.17) is 28.9 Å².